The molecule has 5 heteroatoms. The lowest BCUT2D eigenvalue weighted by atomic mass is 9.95. The Kier molecular flexibility index (Phi) is 3.07. The van der Waals surface area contributed by atoms with Gasteiger partial charge in [0, 0.05) is 0 Å². The third-order valence-electron chi connectivity index (χ3n) is 3.25. The summed E-state index contributed by atoms with van der Waals surface area (Å²) in [5.41, 5.74) is -0.299. The van der Waals surface area contributed by atoms with Crippen LogP contribution in [0.4, 0.5) is 0 Å². The summed E-state index contributed by atoms with van der Waals surface area (Å²) >= 11 is 0. The van der Waals surface area contributed by atoms with E-state index in [1.807, 2.05) is 6.92 Å². The van der Waals surface area contributed by atoms with E-state index in [4.69, 9.17) is 9.47 Å². The van der Waals surface area contributed by atoms with Crippen molar-refractivity contribution >= 4 is 5.97 Å². The van der Waals surface area contributed by atoms with E-state index in [-0.39, 0.29) is 11.5 Å². The number of carboxylic acids is 1. The van der Waals surface area contributed by atoms with E-state index in [1.54, 1.807) is 6.07 Å². The van der Waals surface area contributed by atoms with Gasteiger partial charge in [0.25, 0.3) is 0 Å². The van der Waals surface area contributed by atoms with Crippen LogP contribution in [-0.2, 0) is 10.2 Å². The van der Waals surface area contributed by atoms with Gasteiger partial charge in [-0.2, -0.15) is 0 Å². The molecule has 18 heavy (non-hydrogen) atoms. The van der Waals surface area contributed by atoms with Crippen LogP contribution in [0.5, 0.6) is 17.2 Å². The molecule has 1 fully saturated rings. The van der Waals surface area contributed by atoms with E-state index in [0.717, 1.165) is 0 Å². The molecule has 0 aliphatic heterocycles. The van der Waals surface area contributed by atoms with Crippen LogP contribution in [0.2, 0.25) is 0 Å². The zero-order valence-corrected chi connectivity index (χ0v) is 10.4. The van der Waals surface area contributed by atoms with Gasteiger partial charge in [0.2, 0.25) is 5.75 Å². The first-order chi connectivity index (χ1) is 8.55. The lowest BCUT2D eigenvalue weighted by Gasteiger charge is -2.16. The molecule has 0 heterocycles. The zero-order chi connectivity index (χ0) is 13.3. The number of ether oxygens (including phenoxy) is 2. The molecule has 1 aliphatic rings. The molecule has 98 valence electrons. The SMILES string of the molecule is CCOc1cc(C2(C(=O)O)CC2)cc(O)c1OC. The molecule has 0 unspecified atom stereocenters. The normalized spacial score (nSPS) is 16.1. The van der Waals surface area contributed by atoms with Gasteiger partial charge in [0.05, 0.1) is 19.1 Å². The fourth-order valence-electron chi connectivity index (χ4n) is 2.08. The predicted molar refractivity (Wildman–Crippen MR) is 64.4 cm³/mol. The highest BCUT2D eigenvalue weighted by Crippen LogP contribution is 2.52. The molecule has 5 nitrogen and oxygen atoms in total. The van der Waals surface area contributed by atoms with Gasteiger partial charge < -0.3 is 19.7 Å². The number of aromatic hydroxyl groups is 1. The number of aliphatic carboxylic acids is 1. The van der Waals surface area contributed by atoms with E-state index < -0.39 is 11.4 Å². The van der Waals surface area contributed by atoms with Gasteiger partial charge in [-0.05, 0) is 37.5 Å². The summed E-state index contributed by atoms with van der Waals surface area (Å²) in [6.07, 6.45) is 1.17. The second-order valence-electron chi connectivity index (χ2n) is 4.35. The second kappa shape index (κ2) is 4.40. The maximum absolute atomic E-state index is 11.3. The van der Waals surface area contributed by atoms with Crippen molar-refractivity contribution < 1.29 is 24.5 Å². The summed E-state index contributed by atoms with van der Waals surface area (Å²) < 4.78 is 10.4. The number of carboxylic acid groups (broad SMARTS) is 1. The standard InChI is InChI=1S/C13H16O5/c1-3-18-10-7-8(6-9(14)11(10)17-2)13(4-5-13)12(15)16/h6-7,14H,3-5H2,1-2H3,(H,15,16). The van der Waals surface area contributed by atoms with Crippen molar-refractivity contribution in [3.63, 3.8) is 0 Å². The van der Waals surface area contributed by atoms with Crippen molar-refractivity contribution in [1.82, 2.24) is 0 Å². The second-order valence-corrected chi connectivity index (χ2v) is 4.35. The molecule has 2 N–H and O–H groups in total. The number of phenolic OH excluding ortho intramolecular Hbond substituents is 1. The first kappa shape index (κ1) is 12.5. The van der Waals surface area contributed by atoms with Crippen molar-refractivity contribution in [3.8, 4) is 17.2 Å². The quantitative estimate of drug-likeness (QED) is 0.837. The molecule has 0 atom stereocenters. The van der Waals surface area contributed by atoms with Crippen LogP contribution in [0.25, 0.3) is 0 Å². The number of benzene rings is 1. The van der Waals surface area contributed by atoms with E-state index in [9.17, 15) is 15.0 Å². The highest BCUT2D eigenvalue weighted by molar-refractivity contribution is 5.85. The number of hydrogen-bond donors (Lipinski definition) is 2. The average molecular weight is 252 g/mol. The third kappa shape index (κ3) is 1.85. The summed E-state index contributed by atoms with van der Waals surface area (Å²) in [4.78, 5) is 11.3. The predicted octanol–water partition coefficient (Wildman–Crippen LogP) is 1.92. The van der Waals surface area contributed by atoms with Crippen molar-refractivity contribution in [2.75, 3.05) is 13.7 Å². The molecule has 0 saturated heterocycles. The van der Waals surface area contributed by atoms with Gasteiger partial charge in [0.15, 0.2) is 11.5 Å². The Labute approximate surface area is 105 Å². The van der Waals surface area contributed by atoms with E-state index in [2.05, 4.69) is 0 Å². The average Bonchev–Trinajstić information content (AvgIpc) is 3.10. The Hall–Kier alpha value is -1.91. The van der Waals surface area contributed by atoms with Crippen LogP contribution in [0, 0.1) is 0 Å². The molecule has 0 bridgehead atoms. The molecule has 0 spiro atoms. The Morgan fingerprint density at radius 3 is 2.56 bits per heavy atom. The number of methoxy groups -OCH3 is 1. The largest absolute Gasteiger partial charge is 0.504 e. The lowest BCUT2D eigenvalue weighted by Crippen LogP contribution is -2.19. The Morgan fingerprint density at radius 2 is 2.11 bits per heavy atom. The molecule has 2 rings (SSSR count). The summed E-state index contributed by atoms with van der Waals surface area (Å²) in [6, 6.07) is 3.09. The van der Waals surface area contributed by atoms with Crippen LogP contribution >= 0.6 is 0 Å². The van der Waals surface area contributed by atoms with Gasteiger partial charge >= 0.3 is 5.97 Å². The van der Waals surface area contributed by atoms with Crippen molar-refractivity contribution in [2.24, 2.45) is 0 Å². The Bertz CT molecular complexity index is 477. The highest BCUT2D eigenvalue weighted by atomic mass is 16.5. The van der Waals surface area contributed by atoms with E-state index >= 15 is 0 Å². The lowest BCUT2D eigenvalue weighted by molar-refractivity contribution is -0.140. The fraction of sp³-hybridized carbons (Fsp3) is 0.462. The summed E-state index contributed by atoms with van der Waals surface area (Å²) in [6.45, 7) is 2.23. The molecule has 1 aromatic carbocycles. The molecule has 0 amide bonds. The van der Waals surface area contributed by atoms with Crippen molar-refractivity contribution in [1.29, 1.82) is 0 Å². The first-order valence-electron chi connectivity index (χ1n) is 5.83. The highest BCUT2D eigenvalue weighted by Gasteiger charge is 2.52. The van der Waals surface area contributed by atoms with Crippen LogP contribution in [0.1, 0.15) is 25.3 Å². The maximum atomic E-state index is 11.3. The molecule has 1 aliphatic carbocycles. The van der Waals surface area contributed by atoms with Crippen LogP contribution < -0.4 is 9.47 Å². The Morgan fingerprint density at radius 1 is 1.44 bits per heavy atom. The Balaban J connectivity index is 2.48. The van der Waals surface area contributed by atoms with Crippen LogP contribution in [0.15, 0.2) is 12.1 Å². The minimum Gasteiger partial charge on any atom is -0.504 e. The van der Waals surface area contributed by atoms with Crippen molar-refractivity contribution in [3.05, 3.63) is 17.7 Å². The van der Waals surface area contributed by atoms with Gasteiger partial charge in [-0.3, -0.25) is 4.79 Å². The molecule has 1 saturated carbocycles. The summed E-state index contributed by atoms with van der Waals surface area (Å²) in [5.74, 6) is -0.343. The zero-order valence-electron chi connectivity index (χ0n) is 10.4. The molecule has 1 aromatic rings. The topological polar surface area (TPSA) is 76.0 Å². The van der Waals surface area contributed by atoms with Gasteiger partial charge in [0.1, 0.15) is 0 Å². The summed E-state index contributed by atoms with van der Waals surface area (Å²) in [7, 11) is 1.43. The molecular formula is C13H16O5. The fourth-order valence-corrected chi connectivity index (χ4v) is 2.08. The maximum Gasteiger partial charge on any atom is 0.314 e. The third-order valence-corrected chi connectivity index (χ3v) is 3.25. The minimum atomic E-state index is -0.866. The number of carbonyl (C=O) groups is 1. The van der Waals surface area contributed by atoms with Gasteiger partial charge in [-0.15, -0.1) is 0 Å². The van der Waals surface area contributed by atoms with Crippen molar-refractivity contribution in [2.45, 2.75) is 25.2 Å². The number of hydrogen-bond acceptors (Lipinski definition) is 4. The van der Waals surface area contributed by atoms with E-state index in [1.165, 1.54) is 13.2 Å². The van der Waals surface area contributed by atoms with Gasteiger partial charge in [-0.25, -0.2) is 0 Å². The minimum absolute atomic E-state index is 0.0917. The van der Waals surface area contributed by atoms with E-state index in [0.29, 0.717) is 30.8 Å². The molecular weight excluding hydrogens is 236 g/mol. The van der Waals surface area contributed by atoms with Crippen LogP contribution in [0.3, 0.4) is 0 Å². The number of phenols is 1. The monoisotopic (exact) mass is 252 g/mol. The van der Waals surface area contributed by atoms with Crippen LogP contribution in [-0.4, -0.2) is 29.9 Å². The first-order valence-corrected chi connectivity index (χ1v) is 5.83. The number of rotatable bonds is 5. The molecule has 0 radical (unpaired) electrons. The summed E-state index contributed by atoms with van der Waals surface area (Å²) in [5, 5.41) is 19.1. The van der Waals surface area contributed by atoms with Gasteiger partial charge in [-0.1, -0.05) is 0 Å². The smallest absolute Gasteiger partial charge is 0.314 e. The molecule has 0 aromatic heterocycles.